The lowest BCUT2D eigenvalue weighted by Gasteiger charge is -2.26. The molecule has 7 nitrogen and oxygen atoms in total. The average Bonchev–Trinajstić information content (AvgIpc) is 2.62. The largest absolute Gasteiger partial charge is 0.490 e. The van der Waals surface area contributed by atoms with E-state index in [1.54, 1.807) is 12.1 Å². The molecule has 0 unspecified atom stereocenters. The summed E-state index contributed by atoms with van der Waals surface area (Å²) < 4.78 is 11.1. The van der Waals surface area contributed by atoms with E-state index in [2.05, 4.69) is 4.90 Å². The first-order valence-electron chi connectivity index (χ1n) is 9.04. The first kappa shape index (κ1) is 19.9. The van der Waals surface area contributed by atoms with Crippen LogP contribution in [0, 0.1) is 10.1 Å². The number of nitrogens with zero attached hydrogens (tertiary/aromatic N) is 2. The fourth-order valence-electron chi connectivity index (χ4n) is 2.86. The maximum atomic E-state index is 12.2. The molecule has 1 aromatic rings. The van der Waals surface area contributed by atoms with E-state index in [1.165, 1.54) is 6.07 Å². The predicted octanol–water partition coefficient (Wildman–Crippen LogP) is 3.46. The van der Waals surface area contributed by atoms with Crippen LogP contribution in [0.4, 0.5) is 5.69 Å². The van der Waals surface area contributed by atoms with Gasteiger partial charge in [-0.25, -0.2) is 0 Å². The average molecular weight is 362 g/mol. The molecule has 0 radical (unpaired) electrons. The maximum Gasteiger partial charge on any atom is 0.315 e. The summed E-state index contributed by atoms with van der Waals surface area (Å²) in [5, 5.41) is 11.5. The van der Waals surface area contributed by atoms with Gasteiger partial charge < -0.3 is 9.47 Å². The number of nitro groups is 1. The maximum absolute atomic E-state index is 12.2. The second kappa shape index (κ2) is 9.33. The van der Waals surface area contributed by atoms with Gasteiger partial charge in [-0.05, 0) is 37.6 Å². The topological polar surface area (TPSA) is 81.9 Å². The van der Waals surface area contributed by atoms with E-state index in [4.69, 9.17) is 9.47 Å². The van der Waals surface area contributed by atoms with E-state index in [0.717, 1.165) is 19.5 Å². The Morgan fingerprint density at radius 1 is 1.27 bits per heavy atom. The van der Waals surface area contributed by atoms with Crippen molar-refractivity contribution in [3.8, 4) is 11.5 Å². The van der Waals surface area contributed by atoms with Gasteiger partial charge in [0.05, 0.1) is 18.1 Å². The van der Waals surface area contributed by atoms with Crippen molar-refractivity contribution in [1.82, 2.24) is 4.90 Å². The van der Waals surface area contributed by atoms with Crippen LogP contribution in [-0.2, 0) is 4.79 Å². The van der Waals surface area contributed by atoms with E-state index in [-0.39, 0.29) is 17.2 Å². The van der Waals surface area contributed by atoms with Crippen molar-refractivity contribution in [3.05, 3.63) is 33.4 Å². The number of carbonyl (C=O) groups is 1. The Labute approximate surface area is 153 Å². The van der Waals surface area contributed by atoms with E-state index < -0.39 is 4.92 Å². The molecule has 0 spiro atoms. The van der Waals surface area contributed by atoms with E-state index in [1.807, 2.05) is 20.8 Å². The lowest BCUT2D eigenvalue weighted by Crippen LogP contribution is -2.35. The molecule has 0 aliphatic carbocycles. The van der Waals surface area contributed by atoms with Gasteiger partial charge in [0.1, 0.15) is 0 Å². The van der Waals surface area contributed by atoms with Gasteiger partial charge in [0.2, 0.25) is 5.75 Å². The molecule has 1 heterocycles. The number of likely N-dealkylation sites (N-methyl/N-ethyl adjacent to an activating group) is 1. The summed E-state index contributed by atoms with van der Waals surface area (Å²) in [4.78, 5) is 25.4. The van der Waals surface area contributed by atoms with Gasteiger partial charge >= 0.3 is 5.69 Å². The first-order valence-corrected chi connectivity index (χ1v) is 9.04. The van der Waals surface area contributed by atoms with Crippen LogP contribution in [0.2, 0.25) is 0 Å². The van der Waals surface area contributed by atoms with E-state index in [0.29, 0.717) is 43.1 Å². The standard InChI is InChI=1S/C19H26N2O5/c1-4-9-26-19-16(21(23)24)11-14(12-18(19)25-6-3)10-15-13-20(5-2)8-7-17(15)22/h10-12H,4-9,13H2,1-3H3/b15-10+. The van der Waals surface area contributed by atoms with Crippen LogP contribution in [0.25, 0.3) is 6.08 Å². The summed E-state index contributed by atoms with van der Waals surface area (Å²) in [6.07, 6.45) is 2.93. The third-order valence-electron chi connectivity index (χ3n) is 4.20. The van der Waals surface area contributed by atoms with E-state index in [9.17, 15) is 14.9 Å². The van der Waals surface area contributed by atoms with Crippen LogP contribution < -0.4 is 9.47 Å². The summed E-state index contributed by atoms with van der Waals surface area (Å²) in [6.45, 7) is 8.68. The zero-order valence-corrected chi connectivity index (χ0v) is 15.6. The molecule has 0 aromatic heterocycles. The minimum absolute atomic E-state index is 0.0848. The highest BCUT2D eigenvalue weighted by Gasteiger charge is 2.24. The molecule has 2 rings (SSSR count). The number of hydrogen-bond donors (Lipinski definition) is 0. The second-order valence-corrected chi connectivity index (χ2v) is 6.12. The number of nitro benzene ring substituents is 1. The van der Waals surface area contributed by atoms with Gasteiger partial charge in [-0.2, -0.15) is 0 Å². The third-order valence-corrected chi connectivity index (χ3v) is 4.20. The molecule has 1 aromatic carbocycles. The van der Waals surface area contributed by atoms with Gasteiger partial charge in [-0.3, -0.25) is 19.8 Å². The zero-order chi connectivity index (χ0) is 19.1. The summed E-state index contributed by atoms with van der Waals surface area (Å²) in [7, 11) is 0. The molecule has 1 saturated heterocycles. The normalized spacial score (nSPS) is 16.7. The van der Waals surface area contributed by atoms with Crippen LogP contribution in [-0.4, -0.2) is 48.5 Å². The quantitative estimate of drug-likeness (QED) is 0.400. The number of benzene rings is 1. The Morgan fingerprint density at radius 3 is 2.65 bits per heavy atom. The molecule has 0 saturated carbocycles. The molecular weight excluding hydrogens is 336 g/mol. The van der Waals surface area contributed by atoms with Crippen molar-refractivity contribution in [2.45, 2.75) is 33.6 Å². The Bertz CT molecular complexity index is 699. The molecular formula is C19H26N2O5. The highest BCUT2D eigenvalue weighted by Crippen LogP contribution is 2.39. The highest BCUT2D eigenvalue weighted by molar-refractivity contribution is 6.00. The Kier molecular flexibility index (Phi) is 7.15. The van der Waals surface area contributed by atoms with Crippen LogP contribution in [0.5, 0.6) is 11.5 Å². The number of likely N-dealkylation sites (tertiary alicyclic amines) is 1. The van der Waals surface area contributed by atoms with Crippen molar-refractivity contribution < 1.29 is 19.2 Å². The SMILES string of the molecule is CCCOc1c(OCC)cc(/C=C2\CN(CC)CCC2=O)cc1[N+](=O)[O-]. The van der Waals surface area contributed by atoms with Gasteiger partial charge in [0.25, 0.3) is 0 Å². The van der Waals surface area contributed by atoms with Gasteiger partial charge in [0, 0.05) is 31.1 Å². The number of hydrogen-bond acceptors (Lipinski definition) is 6. The molecule has 7 heteroatoms. The van der Waals surface area contributed by atoms with Crippen LogP contribution >= 0.6 is 0 Å². The van der Waals surface area contributed by atoms with Crippen molar-refractivity contribution in [1.29, 1.82) is 0 Å². The molecule has 26 heavy (non-hydrogen) atoms. The molecule has 0 bridgehead atoms. The number of Topliss-reactive ketones (excluding diaryl/α,β-unsaturated/α-hetero) is 1. The van der Waals surface area contributed by atoms with E-state index >= 15 is 0 Å². The van der Waals surface area contributed by atoms with Crippen LogP contribution in [0.1, 0.15) is 39.2 Å². The Hall–Kier alpha value is -2.41. The summed E-state index contributed by atoms with van der Waals surface area (Å²) in [5.74, 6) is 0.560. The number of piperidine rings is 1. The summed E-state index contributed by atoms with van der Waals surface area (Å²) in [6, 6.07) is 3.14. The van der Waals surface area contributed by atoms with Crippen molar-refractivity contribution >= 4 is 17.5 Å². The minimum atomic E-state index is -0.476. The molecule has 1 aliphatic rings. The fraction of sp³-hybridized carbons (Fsp3) is 0.526. The van der Waals surface area contributed by atoms with Gasteiger partial charge in [0.15, 0.2) is 11.5 Å². The first-order chi connectivity index (χ1) is 12.5. The number of carbonyl (C=O) groups excluding carboxylic acids is 1. The molecule has 0 atom stereocenters. The number of rotatable bonds is 8. The Morgan fingerprint density at radius 2 is 2.04 bits per heavy atom. The molecule has 0 N–H and O–H groups in total. The van der Waals surface area contributed by atoms with Crippen molar-refractivity contribution in [2.24, 2.45) is 0 Å². The second-order valence-electron chi connectivity index (χ2n) is 6.12. The lowest BCUT2D eigenvalue weighted by atomic mass is 10.00. The van der Waals surface area contributed by atoms with Gasteiger partial charge in [-0.15, -0.1) is 0 Å². The molecule has 142 valence electrons. The highest BCUT2D eigenvalue weighted by atomic mass is 16.6. The molecule has 1 aliphatic heterocycles. The predicted molar refractivity (Wildman–Crippen MR) is 99.8 cm³/mol. The van der Waals surface area contributed by atoms with Crippen LogP contribution in [0.15, 0.2) is 17.7 Å². The molecule has 0 amide bonds. The fourth-order valence-corrected chi connectivity index (χ4v) is 2.86. The number of ether oxygens (including phenoxy) is 2. The number of ketones is 1. The zero-order valence-electron chi connectivity index (χ0n) is 15.6. The summed E-state index contributed by atoms with van der Waals surface area (Å²) >= 11 is 0. The monoisotopic (exact) mass is 362 g/mol. The lowest BCUT2D eigenvalue weighted by molar-refractivity contribution is -0.386. The van der Waals surface area contributed by atoms with Crippen molar-refractivity contribution in [2.75, 3.05) is 32.8 Å². The minimum Gasteiger partial charge on any atom is -0.490 e. The Balaban J connectivity index is 2.46. The third kappa shape index (κ3) is 4.82. The smallest absolute Gasteiger partial charge is 0.315 e. The summed E-state index contributed by atoms with van der Waals surface area (Å²) in [5.41, 5.74) is 1.09. The van der Waals surface area contributed by atoms with Crippen LogP contribution in [0.3, 0.4) is 0 Å². The van der Waals surface area contributed by atoms with Gasteiger partial charge in [-0.1, -0.05) is 13.8 Å². The van der Waals surface area contributed by atoms with Crippen molar-refractivity contribution in [3.63, 3.8) is 0 Å². The molecule has 1 fully saturated rings.